The first-order valence-corrected chi connectivity index (χ1v) is 5.03. The molecule has 1 saturated heterocycles. The second kappa shape index (κ2) is 4.30. The first-order chi connectivity index (χ1) is 7.76. The summed E-state index contributed by atoms with van der Waals surface area (Å²) in [4.78, 5) is 27.9. The zero-order chi connectivity index (χ0) is 11.5. The van der Waals surface area contributed by atoms with E-state index in [0.29, 0.717) is 17.8 Å². The van der Waals surface area contributed by atoms with E-state index >= 15 is 0 Å². The normalized spacial score (nSPS) is 18.8. The van der Waals surface area contributed by atoms with E-state index in [0.717, 1.165) is 13.0 Å². The van der Waals surface area contributed by atoms with E-state index in [-0.39, 0.29) is 12.0 Å². The number of aromatic nitrogens is 1. The fraction of sp³-hybridized carbons (Fsp3) is 0.364. The van der Waals surface area contributed by atoms with Crippen molar-refractivity contribution in [2.75, 3.05) is 18.6 Å². The predicted octanol–water partition coefficient (Wildman–Crippen LogP) is 0.646. The molecular weight excluding hydrogens is 208 g/mol. The van der Waals surface area contributed by atoms with E-state index < -0.39 is 0 Å². The van der Waals surface area contributed by atoms with Crippen molar-refractivity contribution >= 4 is 18.1 Å². The molecule has 1 aliphatic heterocycles. The smallest absolute Gasteiger partial charge is 0.328 e. The Kier molecular flexibility index (Phi) is 2.85. The van der Waals surface area contributed by atoms with Crippen LogP contribution in [0.2, 0.25) is 0 Å². The van der Waals surface area contributed by atoms with Crippen molar-refractivity contribution in [3.05, 3.63) is 23.9 Å². The monoisotopic (exact) mass is 220 g/mol. The molecule has 1 atom stereocenters. The number of hydrogen-bond acceptors (Lipinski definition) is 5. The average Bonchev–Trinajstić information content (AvgIpc) is 2.27. The standard InChI is InChI=1S/C11H12N2O3/c1-16-11(15)9-5-6-13(9)10-4-2-3-8(7-14)12-10/h2-4,7,9H,5-6H2,1H3. The Morgan fingerprint density at radius 2 is 2.44 bits per heavy atom. The van der Waals surface area contributed by atoms with Crippen LogP contribution in [0.4, 0.5) is 5.82 Å². The summed E-state index contributed by atoms with van der Waals surface area (Å²) in [5, 5.41) is 0. The van der Waals surface area contributed by atoms with Gasteiger partial charge in [-0.25, -0.2) is 9.78 Å². The van der Waals surface area contributed by atoms with Gasteiger partial charge in [0.2, 0.25) is 0 Å². The van der Waals surface area contributed by atoms with Crippen LogP contribution in [-0.2, 0) is 9.53 Å². The van der Waals surface area contributed by atoms with Crippen LogP contribution in [-0.4, -0.2) is 36.9 Å². The minimum atomic E-state index is -0.264. The molecule has 2 heterocycles. The molecule has 1 unspecified atom stereocenters. The summed E-state index contributed by atoms with van der Waals surface area (Å²) in [6.45, 7) is 0.759. The number of ether oxygens (including phenoxy) is 1. The Morgan fingerprint density at radius 3 is 3.00 bits per heavy atom. The molecule has 1 aliphatic rings. The quantitative estimate of drug-likeness (QED) is 0.552. The topological polar surface area (TPSA) is 59.5 Å². The molecule has 1 fully saturated rings. The highest BCUT2D eigenvalue weighted by atomic mass is 16.5. The van der Waals surface area contributed by atoms with Gasteiger partial charge in [-0.2, -0.15) is 0 Å². The third kappa shape index (κ3) is 1.76. The molecule has 0 spiro atoms. The summed E-state index contributed by atoms with van der Waals surface area (Å²) in [7, 11) is 1.37. The van der Waals surface area contributed by atoms with Gasteiger partial charge in [-0.15, -0.1) is 0 Å². The molecular formula is C11H12N2O3. The van der Waals surface area contributed by atoms with Crippen LogP contribution in [0.25, 0.3) is 0 Å². The number of esters is 1. The second-order valence-corrected chi connectivity index (χ2v) is 3.56. The van der Waals surface area contributed by atoms with Crippen molar-refractivity contribution in [1.29, 1.82) is 0 Å². The number of aldehydes is 1. The Labute approximate surface area is 93.0 Å². The van der Waals surface area contributed by atoms with Crippen molar-refractivity contribution in [3.63, 3.8) is 0 Å². The van der Waals surface area contributed by atoms with E-state index in [1.165, 1.54) is 7.11 Å². The van der Waals surface area contributed by atoms with Crippen LogP contribution in [0.5, 0.6) is 0 Å². The van der Waals surface area contributed by atoms with Crippen LogP contribution in [0.15, 0.2) is 18.2 Å². The summed E-state index contributed by atoms with van der Waals surface area (Å²) >= 11 is 0. The zero-order valence-electron chi connectivity index (χ0n) is 8.92. The summed E-state index contributed by atoms with van der Waals surface area (Å²) in [5.41, 5.74) is 0.369. The molecule has 0 aromatic carbocycles. The van der Waals surface area contributed by atoms with Crippen molar-refractivity contribution in [3.8, 4) is 0 Å². The molecule has 5 heteroatoms. The molecule has 2 rings (SSSR count). The van der Waals surface area contributed by atoms with Crippen molar-refractivity contribution in [1.82, 2.24) is 4.98 Å². The lowest BCUT2D eigenvalue weighted by molar-refractivity contribution is -0.143. The number of nitrogens with zero attached hydrogens (tertiary/aromatic N) is 2. The van der Waals surface area contributed by atoms with Crippen molar-refractivity contribution in [2.45, 2.75) is 12.5 Å². The van der Waals surface area contributed by atoms with Crippen LogP contribution in [0.3, 0.4) is 0 Å². The maximum absolute atomic E-state index is 11.4. The Balaban J connectivity index is 2.18. The van der Waals surface area contributed by atoms with Crippen LogP contribution in [0, 0.1) is 0 Å². The molecule has 0 radical (unpaired) electrons. The van der Waals surface area contributed by atoms with Crippen LogP contribution in [0.1, 0.15) is 16.9 Å². The third-order valence-electron chi connectivity index (χ3n) is 2.66. The highest BCUT2D eigenvalue weighted by molar-refractivity contribution is 5.82. The third-order valence-corrected chi connectivity index (χ3v) is 2.66. The first kappa shape index (κ1) is 10.6. The van der Waals surface area contributed by atoms with Gasteiger partial charge in [0, 0.05) is 6.54 Å². The Morgan fingerprint density at radius 1 is 1.62 bits per heavy atom. The number of methoxy groups -OCH3 is 1. The lowest BCUT2D eigenvalue weighted by Gasteiger charge is -2.39. The van der Waals surface area contributed by atoms with E-state index in [1.807, 2.05) is 4.90 Å². The largest absolute Gasteiger partial charge is 0.467 e. The molecule has 16 heavy (non-hydrogen) atoms. The number of anilines is 1. The van der Waals surface area contributed by atoms with Gasteiger partial charge in [0.25, 0.3) is 0 Å². The molecule has 1 aromatic rings. The van der Waals surface area contributed by atoms with E-state index in [9.17, 15) is 9.59 Å². The van der Waals surface area contributed by atoms with Crippen LogP contribution < -0.4 is 4.90 Å². The lowest BCUT2D eigenvalue weighted by Crippen LogP contribution is -2.53. The van der Waals surface area contributed by atoms with Gasteiger partial charge < -0.3 is 9.64 Å². The van der Waals surface area contributed by atoms with Gasteiger partial charge in [0.1, 0.15) is 17.6 Å². The highest BCUT2D eigenvalue weighted by Gasteiger charge is 2.35. The summed E-state index contributed by atoms with van der Waals surface area (Å²) < 4.78 is 4.68. The van der Waals surface area contributed by atoms with E-state index in [2.05, 4.69) is 9.72 Å². The molecule has 0 saturated carbocycles. The number of carbonyl (C=O) groups is 2. The molecule has 0 amide bonds. The number of hydrogen-bond donors (Lipinski definition) is 0. The molecule has 5 nitrogen and oxygen atoms in total. The van der Waals surface area contributed by atoms with Crippen LogP contribution >= 0.6 is 0 Å². The van der Waals surface area contributed by atoms with Gasteiger partial charge >= 0.3 is 5.97 Å². The summed E-state index contributed by atoms with van der Waals surface area (Å²) in [6.07, 6.45) is 1.45. The predicted molar refractivity (Wildman–Crippen MR) is 57.4 cm³/mol. The molecule has 0 bridgehead atoms. The minimum absolute atomic E-state index is 0.260. The first-order valence-electron chi connectivity index (χ1n) is 5.03. The van der Waals surface area contributed by atoms with E-state index in [1.54, 1.807) is 18.2 Å². The van der Waals surface area contributed by atoms with Crippen molar-refractivity contribution < 1.29 is 14.3 Å². The lowest BCUT2D eigenvalue weighted by atomic mass is 10.0. The number of rotatable bonds is 3. The SMILES string of the molecule is COC(=O)C1CCN1c1cccc(C=O)n1. The second-order valence-electron chi connectivity index (χ2n) is 3.56. The number of carbonyl (C=O) groups excluding carboxylic acids is 2. The fourth-order valence-electron chi connectivity index (χ4n) is 1.71. The highest BCUT2D eigenvalue weighted by Crippen LogP contribution is 2.25. The van der Waals surface area contributed by atoms with Gasteiger partial charge in [-0.1, -0.05) is 6.07 Å². The average molecular weight is 220 g/mol. The molecule has 0 aliphatic carbocycles. The fourth-order valence-corrected chi connectivity index (χ4v) is 1.71. The minimum Gasteiger partial charge on any atom is -0.467 e. The Hall–Kier alpha value is -1.91. The maximum Gasteiger partial charge on any atom is 0.328 e. The summed E-state index contributed by atoms with van der Waals surface area (Å²) in [6, 6.07) is 4.89. The molecule has 1 aromatic heterocycles. The number of pyridine rings is 1. The molecule has 0 N–H and O–H groups in total. The zero-order valence-corrected chi connectivity index (χ0v) is 8.92. The van der Waals surface area contributed by atoms with Gasteiger partial charge in [-0.3, -0.25) is 4.79 Å². The molecule has 84 valence electrons. The van der Waals surface area contributed by atoms with Gasteiger partial charge in [0.15, 0.2) is 6.29 Å². The summed E-state index contributed by atoms with van der Waals surface area (Å²) in [5.74, 6) is 0.385. The van der Waals surface area contributed by atoms with Gasteiger partial charge in [-0.05, 0) is 18.6 Å². The Bertz CT molecular complexity index is 419. The maximum atomic E-state index is 11.4. The van der Waals surface area contributed by atoms with Gasteiger partial charge in [0.05, 0.1) is 7.11 Å². The van der Waals surface area contributed by atoms with E-state index in [4.69, 9.17) is 0 Å². The van der Waals surface area contributed by atoms with Crippen molar-refractivity contribution in [2.24, 2.45) is 0 Å².